The molecule has 1 heterocycles. The van der Waals surface area contributed by atoms with Crippen molar-refractivity contribution >= 4 is 16.9 Å². The zero-order valence-electron chi connectivity index (χ0n) is 9.81. The molecule has 0 aliphatic carbocycles. The Morgan fingerprint density at radius 3 is 2.79 bits per heavy atom. The molecule has 2 N–H and O–H groups in total. The maximum absolute atomic E-state index is 12.2. The van der Waals surface area contributed by atoms with Gasteiger partial charge < -0.3 is 14.6 Å². The maximum atomic E-state index is 12.2. The number of nitrogens with one attached hydrogen (secondary N) is 1. The van der Waals surface area contributed by atoms with Gasteiger partial charge in [0.05, 0.1) is 24.7 Å². The maximum Gasteiger partial charge on any atom is 0.387 e. The minimum Gasteiger partial charge on any atom is -0.493 e. The number of benzene rings is 1. The van der Waals surface area contributed by atoms with E-state index in [2.05, 4.69) is 14.9 Å². The molecule has 0 saturated carbocycles. The number of alkyl halides is 2. The van der Waals surface area contributed by atoms with E-state index in [0.717, 1.165) is 0 Å². The fourth-order valence-electron chi connectivity index (χ4n) is 1.70. The Balaban J connectivity index is 2.49. The van der Waals surface area contributed by atoms with Crippen LogP contribution in [0.4, 0.5) is 8.78 Å². The van der Waals surface area contributed by atoms with Gasteiger partial charge in [-0.05, 0) is 6.07 Å². The lowest BCUT2D eigenvalue weighted by atomic mass is 10.1. The number of H-pyrrole nitrogens is 1. The van der Waals surface area contributed by atoms with Gasteiger partial charge in [-0.2, -0.15) is 13.9 Å². The van der Waals surface area contributed by atoms with Crippen LogP contribution in [0.25, 0.3) is 10.9 Å². The lowest BCUT2D eigenvalue weighted by molar-refractivity contribution is -0.136. The summed E-state index contributed by atoms with van der Waals surface area (Å²) < 4.78 is 33.7. The zero-order chi connectivity index (χ0) is 14.0. The predicted molar refractivity (Wildman–Crippen MR) is 60.6 cm³/mol. The molecule has 6 nitrogen and oxygen atoms in total. The minimum absolute atomic E-state index is 0.0841. The van der Waals surface area contributed by atoms with Crippen LogP contribution >= 0.6 is 0 Å². The number of hydrogen-bond acceptors (Lipinski definition) is 4. The highest BCUT2D eigenvalue weighted by Gasteiger charge is 2.16. The van der Waals surface area contributed by atoms with Crippen LogP contribution in [0, 0.1) is 0 Å². The molecule has 0 unspecified atom stereocenters. The van der Waals surface area contributed by atoms with E-state index in [1.165, 1.54) is 19.2 Å². The lowest BCUT2D eigenvalue weighted by Gasteiger charge is -2.09. The van der Waals surface area contributed by atoms with E-state index >= 15 is 0 Å². The van der Waals surface area contributed by atoms with Gasteiger partial charge in [-0.25, -0.2) is 0 Å². The Bertz CT molecular complexity index is 612. The van der Waals surface area contributed by atoms with E-state index in [4.69, 9.17) is 9.84 Å². The van der Waals surface area contributed by atoms with Crippen LogP contribution in [0.1, 0.15) is 5.69 Å². The molecule has 0 atom stereocenters. The third-order valence-corrected chi connectivity index (χ3v) is 2.46. The predicted octanol–water partition coefficient (Wildman–Crippen LogP) is 1.80. The summed E-state index contributed by atoms with van der Waals surface area (Å²) >= 11 is 0. The SMILES string of the molecule is COc1cc2c(CC(=O)O)[nH]nc2cc1OC(F)F. The van der Waals surface area contributed by atoms with Crippen LogP contribution in [0.3, 0.4) is 0 Å². The van der Waals surface area contributed by atoms with Crippen molar-refractivity contribution in [1.82, 2.24) is 10.2 Å². The molecule has 0 spiro atoms. The normalized spacial score (nSPS) is 10.9. The summed E-state index contributed by atoms with van der Waals surface area (Å²) in [5, 5.41) is 15.6. The number of nitrogens with zero attached hydrogens (tertiary/aromatic N) is 1. The van der Waals surface area contributed by atoms with Crippen LogP contribution in [0.2, 0.25) is 0 Å². The molecule has 0 amide bonds. The molecular weight excluding hydrogens is 262 g/mol. The standard InChI is InChI=1S/C11H10F2N2O4/c1-18-8-2-5-6(3-9(8)19-11(12)13)14-15-7(5)4-10(16)17/h2-3,11H,4H2,1H3,(H,14,15)(H,16,17). The quantitative estimate of drug-likeness (QED) is 0.867. The number of aromatic amines is 1. The molecular formula is C11H10F2N2O4. The van der Waals surface area contributed by atoms with Crippen LogP contribution in [0.5, 0.6) is 11.5 Å². The Morgan fingerprint density at radius 1 is 1.47 bits per heavy atom. The molecule has 0 saturated heterocycles. The lowest BCUT2D eigenvalue weighted by Crippen LogP contribution is -2.03. The Morgan fingerprint density at radius 2 is 2.21 bits per heavy atom. The summed E-state index contributed by atoms with van der Waals surface area (Å²) in [4.78, 5) is 10.7. The van der Waals surface area contributed by atoms with Gasteiger partial charge >= 0.3 is 12.6 Å². The summed E-state index contributed by atoms with van der Waals surface area (Å²) in [5.41, 5.74) is 0.692. The van der Waals surface area contributed by atoms with Crippen molar-refractivity contribution < 1.29 is 28.2 Å². The van der Waals surface area contributed by atoms with Crippen molar-refractivity contribution in [2.24, 2.45) is 0 Å². The number of hydrogen-bond donors (Lipinski definition) is 2. The molecule has 0 aliphatic rings. The van der Waals surface area contributed by atoms with E-state index < -0.39 is 12.6 Å². The van der Waals surface area contributed by atoms with Crippen molar-refractivity contribution in [2.75, 3.05) is 7.11 Å². The van der Waals surface area contributed by atoms with Gasteiger partial charge in [-0.3, -0.25) is 9.89 Å². The molecule has 0 bridgehead atoms. The van der Waals surface area contributed by atoms with Gasteiger partial charge in [0.2, 0.25) is 0 Å². The smallest absolute Gasteiger partial charge is 0.387 e. The zero-order valence-corrected chi connectivity index (χ0v) is 9.81. The third kappa shape index (κ3) is 2.72. The first-order valence-corrected chi connectivity index (χ1v) is 5.23. The molecule has 1 aromatic heterocycles. The fourth-order valence-corrected chi connectivity index (χ4v) is 1.70. The van der Waals surface area contributed by atoms with Crippen molar-refractivity contribution in [2.45, 2.75) is 13.0 Å². The second-order valence-electron chi connectivity index (χ2n) is 3.67. The van der Waals surface area contributed by atoms with Crippen molar-refractivity contribution in [3.05, 3.63) is 17.8 Å². The Labute approximate surface area is 105 Å². The van der Waals surface area contributed by atoms with Gasteiger partial charge in [0, 0.05) is 11.5 Å². The van der Waals surface area contributed by atoms with Crippen molar-refractivity contribution in [1.29, 1.82) is 0 Å². The molecule has 0 aliphatic heterocycles. The van der Waals surface area contributed by atoms with Gasteiger partial charge in [0.1, 0.15) is 0 Å². The summed E-state index contributed by atoms with van der Waals surface area (Å²) in [6, 6.07) is 2.68. The molecule has 19 heavy (non-hydrogen) atoms. The van der Waals surface area contributed by atoms with Crippen LogP contribution in [0.15, 0.2) is 12.1 Å². The number of aliphatic carboxylic acids is 1. The topological polar surface area (TPSA) is 84.4 Å². The highest BCUT2D eigenvalue weighted by Crippen LogP contribution is 2.33. The molecule has 102 valence electrons. The Kier molecular flexibility index (Phi) is 3.50. The number of fused-ring (bicyclic) bond motifs is 1. The largest absolute Gasteiger partial charge is 0.493 e. The van der Waals surface area contributed by atoms with E-state index in [0.29, 0.717) is 16.6 Å². The third-order valence-electron chi connectivity index (χ3n) is 2.46. The highest BCUT2D eigenvalue weighted by molar-refractivity contribution is 5.87. The molecule has 1 aromatic carbocycles. The number of carboxylic acid groups (broad SMARTS) is 1. The van der Waals surface area contributed by atoms with Crippen molar-refractivity contribution in [3.63, 3.8) is 0 Å². The number of rotatable bonds is 5. The molecule has 8 heteroatoms. The molecule has 2 rings (SSSR count). The first-order chi connectivity index (χ1) is 9.01. The average Bonchev–Trinajstić information content (AvgIpc) is 2.69. The van der Waals surface area contributed by atoms with E-state index in [9.17, 15) is 13.6 Å². The number of carbonyl (C=O) groups is 1. The van der Waals surface area contributed by atoms with Crippen LogP contribution in [-0.4, -0.2) is 35.0 Å². The van der Waals surface area contributed by atoms with E-state index in [1.54, 1.807) is 0 Å². The number of halogens is 2. The monoisotopic (exact) mass is 272 g/mol. The second kappa shape index (κ2) is 5.09. The summed E-state index contributed by atoms with van der Waals surface area (Å²) in [6.07, 6.45) is -0.255. The number of ether oxygens (including phenoxy) is 2. The first kappa shape index (κ1) is 13.1. The second-order valence-corrected chi connectivity index (χ2v) is 3.67. The van der Waals surface area contributed by atoms with Gasteiger partial charge in [0.15, 0.2) is 11.5 Å². The van der Waals surface area contributed by atoms with Crippen molar-refractivity contribution in [3.8, 4) is 11.5 Å². The molecule has 0 fully saturated rings. The van der Waals surface area contributed by atoms with Crippen LogP contribution in [-0.2, 0) is 11.2 Å². The summed E-state index contributed by atoms with van der Waals surface area (Å²) in [6.45, 7) is -2.98. The average molecular weight is 272 g/mol. The summed E-state index contributed by atoms with van der Waals surface area (Å²) in [5.74, 6) is -1.10. The minimum atomic E-state index is -2.98. The molecule has 2 aromatic rings. The van der Waals surface area contributed by atoms with Gasteiger partial charge in [0.25, 0.3) is 0 Å². The Hall–Kier alpha value is -2.38. The first-order valence-electron chi connectivity index (χ1n) is 5.23. The molecule has 0 radical (unpaired) electrons. The van der Waals surface area contributed by atoms with E-state index in [-0.39, 0.29) is 17.9 Å². The number of carboxylic acids is 1. The van der Waals surface area contributed by atoms with Crippen LogP contribution < -0.4 is 9.47 Å². The summed E-state index contributed by atoms with van der Waals surface area (Å²) in [7, 11) is 1.30. The number of aromatic nitrogens is 2. The van der Waals surface area contributed by atoms with E-state index in [1.807, 2.05) is 0 Å². The fraction of sp³-hybridized carbons (Fsp3) is 0.273. The highest BCUT2D eigenvalue weighted by atomic mass is 19.3. The van der Waals surface area contributed by atoms with Gasteiger partial charge in [-0.1, -0.05) is 0 Å². The number of methoxy groups -OCH3 is 1. The van der Waals surface area contributed by atoms with Gasteiger partial charge in [-0.15, -0.1) is 0 Å².